The average Bonchev–Trinajstić information content (AvgIpc) is 3.11. The summed E-state index contributed by atoms with van der Waals surface area (Å²) >= 11 is 1.50. The Hall–Kier alpha value is -1.87. The van der Waals surface area contributed by atoms with Crippen LogP contribution in [0, 0.1) is 0 Å². The number of nitrogens with zero attached hydrogens (tertiary/aromatic N) is 1. The second-order valence-corrected chi connectivity index (χ2v) is 8.23. The van der Waals surface area contributed by atoms with Crippen LogP contribution in [0.25, 0.3) is 0 Å². The fourth-order valence-corrected chi connectivity index (χ4v) is 3.30. The minimum absolute atomic E-state index is 0.0856. The van der Waals surface area contributed by atoms with Gasteiger partial charge in [0.2, 0.25) is 0 Å². The standard InChI is InChI=1S/C22H29NOS/c1-5-6-7-8-9-16-23(21(24)20-11-10-17-25-20)19-14-12-18(13-15-19)22(2,3)4/h7-8,10-15,17H,5-6,9,16H2,1-4H3/b8-7-. The van der Waals surface area contributed by atoms with Crippen molar-refractivity contribution in [3.05, 3.63) is 64.4 Å². The molecule has 134 valence electrons. The summed E-state index contributed by atoms with van der Waals surface area (Å²) in [5.41, 5.74) is 2.36. The van der Waals surface area contributed by atoms with Gasteiger partial charge >= 0.3 is 0 Å². The number of rotatable bonds is 7. The van der Waals surface area contributed by atoms with Crippen LogP contribution in [-0.4, -0.2) is 12.5 Å². The fraction of sp³-hybridized carbons (Fsp3) is 0.409. The minimum Gasteiger partial charge on any atom is -0.307 e. The number of carbonyl (C=O) groups is 1. The average molecular weight is 356 g/mol. The van der Waals surface area contributed by atoms with Gasteiger partial charge in [0.05, 0.1) is 4.88 Å². The van der Waals surface area contributed by atoms with E-state index in [-0.39, 0.29) is 11.3 Å². The molecule has 0 unspecified atom stereocenters. The zero-order valence-corrected chi connectivity index (χ0v) is 16.6. The highest BCUT2D eigenvalue weighted by Gasteiger charge is 2.19. The highest BCUT2D eigenvalue weighted by atomic mass is 32.1. The predicted octanol–water partition coefficient (Wildman–Crippen LogP) is 6.44. The van der Waals surface area contributed by atoms with Crippen molar-refractivity contribution in [1.82, 2.24) is 0 Å². The number of hydrogen-bond donors (Lipinski definition) is 0. The summed E-state index contributed by atoms with van der Waals surface area (Å²) < 4.78 is 0. The number of unbranched alkanes of at least 4 members (excludes halogenated alkanes) is 1. The van der Waals surface area contributed by atoms with Crippen molar-refractivity contribution in [3.8, 4) is 0 Å². The Kier molecular flexibility index (Phi) is 7.01. The number of allylic oxidation sites excluding steroid dienone is 1. The highest BCUT2D eigenvalue weighted by molar-refractivity contribution is 7.12. The molecule has 0 bridgehead atoms. The zero-order valence-electron chi connectivity index (χ0n) is 15.8. The Morgan fingerprint density at radius 1 is 1.08 bits per heavy atom. The first-order valence-electron chi connectivity index (χ1n) is 9.04. The van der Waals surface area contributed by atoms with E-state index in [0.29, 0.717) is 6.54 Å². The molecule has 3 heteroatoms. The van der Waals surface area contributed by atoms with Crippen molar-refractivity contribution in [2.75, 3.05) is 11.4 Å². The van der Waals surface area contributed by atoms with Gasteiger partial charge in [-0.15, -0.1) is 11.3 Å². The Labute approximate surface area is 156 Å². The quantitative estimate of drug-likeness (QED) is 0.523. The summed E-state index contributed by atoms with van der Waals surface area (Å²) in [6.45, 7) is 9.48. The van der Waals surface area contributed by atoms with Gasteiger partial charge in [0.25, 0.3) is 5.91 Å². The molecule has 0 aliphatic carbocycles. The third kappa shape index (κ3) is 5.57. The molecule has 2 nitrogen and oxygen atoms in total. The minimum atomic E-state index is 0.0856. The largest absolute Gasteiger partial charge is 0.307 e. The van der Waals surface area contributed by atoms with Crippen LogP contribution < -0.4 is 4.90 Å². The maximum atomic E-state index is 12.9. The summed E-state index contributed by atoms with van der Waals surface area (Å²) in [5.74, 6) is 0.0856. The molecule has 2 rings (SSSR count). The third-order valence-electron chi connectivity index (χ3n) is 4.16. The van der Waals surface area contributed by atoms with Crippen LogP contribution >= 0.6 is 11.3 Å². The first-order valence-corrected chi connectivity index (χ1v) is 9.92. The number of benzene rings is 1. The molecular weight excluding hydrogens is 326 g/mol. The lowest BCUT2D eigenvalue weighted by Gasteiger charge is -2.24. The Morgan fingerprint density at radius 3 is 2.32 bits per heavy atom. The fourth-order valence-electron chi connectivity index (χ4n) is 2.63. The van der Waals surface area contributed by atoms with Gasteiger partial charge in [0.15, 0.2) is 0 Å². The normalized spacial score (nSPS) is 11.8. The molecule has 25 heavy (non-hydrogen) atoms. The van der Waals surface area contributed by atoms with Gasteiger partial charge in [0, 0.05) is 12.2 Å². The molecule has 0 atom stereocenters. The Balaban J connectivity index is 2.20. The van der Waals surface area contributed by atoms with Gasteiger partial charge in [-0.05, 0) is 47.4 Å². The van der Waals surface area contributed by atoms with Crippen LogP contribution in [0.2, 0.25) is 0 Å². The number of thiophene rings is 1. The van der Waals surface area contributed by atoms with Crippen molar-refractivity contribution in [3.63, 3.8) is 0 Å². The van der Waals surface area contributed by atoms with Crippen LogP contribution in [0.3, 0.4) is 0 Å². The summed E-state index contributed by atoms with van der Waals surface area (Å²) in [6.07, 6.45) is 7.51. The molecule has 1 heterocycles. The molecule has 0 aliphatic rings. The van der Waals surface area contributed by atoms with E-state index in [4.69, 9.17) is 0 Å². The lowest BCUT2D eigenvalue weighted by Crippen LogP contribution is -2.31. The van der Waals surface area contributed by atoms with Gasteiger partial charge in [-0.3, -0.25) is 4.79 Å². The molecule has 1 amide bonds. The maximum absolute atomic E-state index is 12.9. The lowest BCUT2D eigenvalue weighted by molar-refractivity contribution is 0.0991. The van der Waals surface area contributed by atoms with Gasteiger partial charge in [-0.2, -0.15) is 0 Å². The summed E-state index contributed by atoms with van der Waals surface area (Å²) in [6, 6.07) is 12.2. The summed E-state index contributed by atoms with van der Waals surface area (Å²) in [7, 11) is 0. The molecule has 0 fully saturated rings. The van der Waals surface area contributed by atoms with Crippen molar-refractivity contribution >= 4 is 22.9 Å². The predicted molar refractivity (Wildman–Crippen MR) is 110 cm³/mol. The molecule has 0 aliphatic heterocycles. The first-order chi connectivity index (χ1) is 11.9. The molecule has 1 aromatic carbocycles. The molecule has 1 aromatic heterocycles. The van der Waals surface area contributed by atoms with Crippen LogP contribution in [0.4, 0.5) is 5.69 Å². The van der Waals surface area contributed by atoms with Crippen molar-refractivity contribution in [2.24, 2.45) is 0 Å². The van der Waals surface area contributed by atoms with E-state index in [1.165, 1.54) is 16.9 Å². The van der Waals surface area contributed by atoms with Crippen molar-refractivity contribution < 1.29 is 4.79 Å². The monoisotopic (exact) mass is 355 g/mol. The number of hydrogen-bond acceptors (Lipinski definition) is 2. The third-order valence-corrected chi connectivity index (χ3v) is 5.02. The summed E-state index contributed by atoms with van der Waals surface area (Å²) in [4.78, 5) is 15.6. The van der Waals surface area contributed by atoms with E-state index in [1.54, 1.807) is 0 Å². The molecule has 0 saturated carbocycles. The van der Waals surface area contributed by atoms with Crippen molar-refractivity contribution in [2.45, 2.75) is 52.4 Å². The van der Waals surface area contributed by atoms with Gasteiger partial charge in [-0.25, -0.2) is 0 Å². The topological polar surface area (TPSA) is 20.3 Å². The van der Waals surface area contributed by atoms with E-state index in [0.717, 1.165) is 29.8 Å². The van der Waals surface area contributed by atoms with E-state index in [1.807, 2.05) is 22.4 Å². The molecule has 0 saturated heterocycles. The molecule has 0 N–H and O–H groups in total. The number of carbonyl (C=O) groups excluding carboxylic acids is 1. The smallest absolute Gasteiger partial charge is 0.268 e. The molecule has 0 radical (unpaired) electrons. The second-order valence-electron chi connectivity index (χ2n) is 7.28. The van der Waals surface area contributed by atoms with Gasteiger partial charge in [-0.1, -0.05) is 64.5 Å². The van der Waals surface area contributed by atoms with Crippen LogP contribution in [0.1, 0.15) is 62.2 Å². The van der Waals surface area contributed by atoms with Crippen LogP contribution in [0.5, 0.6) is 0 Å². The second kappa shape index (κ2) is 9.00. The SMILES string of the molecule is CCC/C=C\CCN(C(=O)c1cccs1)c1ccc(C(C)(C)C)cc1. The first kappa shape index (κ1) is 19.5. The molecule has 0 spiro atoms. The molecular formula is C22H29NOS. The highest BCUT2D eigenvalue weighted by Crippen LogP contribution is 2.26. The Morgan fingerprint density at radius 2 is 1.76 bits per heavy atom. The van der Waals surface area contributed by atoms with Crippen LogP contribution in [0.15, 0.2) is 53.9 Å². The summed E-state index contributed by atoms with van der Waals surface area (Å²) in [5, 5.41) is 1.95. The van der Waals surface area contributed by atoms with E-state index in [9.17, 15) is 4.79 Å². The number of anilines is 1. The van der Waals surface area contributed by atoms with E-state index < -0.39 is 0 Å². The van der Waals surface area contributed by atoms with Gasteiger partial charge in [0.1, 0.15) is 0 Å². The maximum Gasteiger partial charge on any atom is 0.268 e. The van der Waals surface area contributed by atoms with E-state index >= 15 is 0 Å². The van der Waals surface area contributed by atoms with Crippen LogP contribution in [-0.2, 0) is 5.41 Å². The molecule has 2 aromatic rings. The van der Waals surface area contributed by atoms with Gasteiger partial charge < -0.3 is 4.90 Å². The zero-order chi connectivity index (χ0) is 18.3. The van der Waals surface area contributed by atoms with Crippen molar-refractivity contribution in [1.29, 1.82) is 0 Å². The number of amides is 1. The van der Waals surface area contributed by atoms with E-state index in [2.05, 4.69) is 64.1 Å². The Bertz CT molecular complexity index is 678. The lowest BCUT2D eigenvalue weighted by atomic mass is 9.87.